The van der Waals surface area contributed by atoms with Gasteiger partial charge >= 0.3 is 5.97 Å². The van der Waals surface area contributed by atoms with E-state index in [0.717, 1.165) is 29.8 Å². The highest BCUT2D eigenvalue weighted by Gasteiger charge is 2.16. The van der Waals surface area contributed by atoms with E-state index in [0.29, 0.717) is 13.2 Å². The number of anilines is 1. The number of fused-ring (bicyclic) bond motifs is 1. The number of carboxylic acids is 1. The SMILES string of the molecule is O=C(O)c1cnc2c(N3CCOCC3)nccc2c1. The van der Waals surface area contributed by atoms with Crippen molar-refractivity contribution < 1.29 is 14.6 Å². The first-order valence-corrected chi connectivity index (χ1v) is 6.06. The molecule has 1 saturated heterocycles. The molecule has 3 rings (SSSR count). The summed E-state index contributed by atoms with van der Waals surface area (Å²) < 4.78 is 5.32. The highest BCUT2D eigenvalue weighted by atomic mass is 16.5. The van der Waals surface area contributed by atoms with Crippen molar-refractivity contribution in [2.24, 2.45) is 0 Å². The standard InChI is InChI=1S/C13H13N3O3/c17-13(18)10-7-9-1-2-14-12(11(9)15-8-10)16-3-5-19-6-4-16/h1-2,7-8H,3-6H2,(H,17,18). The van der Waals surface area contributed by atoms with Crippen LogP contribution in [0.4, 0.5) is 5.82 Å². The van der Waals surface area contributed by atoms with Gasteiger partial charge in [-0.2, -0.15) is 0 Å². The molecule has 0 bridgehead atoms. The molecule has 19 heavy (non-hydrogen) atoms. The number of carboxylic acid groups (broad SMARTS) is 1. The summed E-state index contributed by atoms with van der Waals surface area (Å²) in [6.45, 7) is 2.89. The van der Waals surface area contributed by atoms with Crippen molar-refractivity contribution in [3.05, 3.63) is 30.1 Å². The zero-order valence-corrected chi connectivity index (χ0v) is 10.2. The predicted molar refractivity (Wildman–Crippen MR) is 69.5 cm³/mol. The normalized spacial score (nSPS) is 15.7. The maximum absolute atomic E-state index is 10.9. The van der Waals surface area contributed by atoms with Gasteiger partial charge in [-0.3, -0.25) is 4.98 Å². The fourth-order valence-corrected chi connectivity index (χ4v) is 2.17. The minimum atomic E-state index is -0.973. The molecule has 0 unspecified atom stereocenters. The van der Waals surface area contributed by atoms with Gasteiger partial charge < -0.3 is 14.7 Å². The zero-order valence-electron chi connectivity index (χ0n) is 10.2. The number of hydrogen-bond donors (Lipinski definition) is 1. The summed E-state index contributed by atoms with van der Waals surface area (Å²) in [6, 6.07) is 3.40. The van der Waals surface area contributed by atoms with Gasteiger partial charge in [-0.25, -0.2) is 9.78 Å². The van der Waals surface area contributed by atoms with Gasteiger partial charge in [0, 0.05) is 30.9 Å². The van der Waals surface area contributed by atoms with E-state index < -0.39 is 5.97 Å². The van der Waals surface area contributed by atoms with Gasteiger partial charge in [-0.05, 0) is 12.1 Å². The summed E-state index contributed by atoms with van der Waals surface area (Å²) in [6.07, 6.45) is 3.05. The molecule has 98 valence electrons. The lowest BCUT2D eigenvalue weighted by Gasteiger charge is -2.28. The molecule has 1 N–H and O–H groups in total. The Kier molecular flexibility index (Phi) is 3.00. The molecular formula is C13H13N3O3. The van der Waals surface area contributed by atoms with E-state index in [1.54, 1.807) is 18.3 Å². The number of morpholine rings is 1. The number of nitrogens with zero attached hydrogens (tertiary/aromatic N) is 3. The van der Waals surface area contributed by atoms with Gasteiger partial charge in [0.1, 0.15) is 5.52 Å². The van der Waals surface area contributed by atoms with Gasteiger partial charge in [-0.1, -0.05) is 0 Å². The third-order valence-electron chi connectivity index (χ3n) is 3.14. The third kappa shape index (κ3) is 2.22. The number of rotatable bonds is 2. The number of aromatic carboxylic acids is 1. The summed E-state index contributed by atoms with van der Waals surface area (Å²) in [4.78, 5) is 21.7. The van der Waals surface area contributed by atoms with Crippen LogP contribution in [0.5, 0.6) is 0 Å². The van der Waals surface area contributed by atoms with Crippen LogP contribution < -0.4 is 4.90 Å². The van der Waals surface area contributed by atoms with Crippen molar-refractivity contribution >= 4 is 22.7 Å². The molecule has 1 fully saturated rings. The molecule has 0 amide bonds. The Morgan fingerprint density at radius 1 is 1.32 bits per heavy atom. The molecule has 6 nitrogen and oxygen atoms in total. The predicted octanol–water partition coefficient (Wildman–Crippen LogP) is 1.16. The summed E-state index contributed by atoms with van der Waals surface area (Å²) in [7, 11) is 0. The molecule has 1 aliphatic rings. The number of carbonyl (C=O) groups is 1. The van der Waals surface area contributed by atoms with E-state index in [2.05, 4.69) is 14.9 Å². The lowest BCUT2D eigenvalue weighted by Crippen LogP contribution is -2.36. The van der Waals surface area contributed by atoms with Crippen molar-refractivity contribution in [1.82, 2.24) is 9.97 Å². The highest BCUT2D eigenvalue weighted by Crippen LogP contribution is 2.23. The van der Waals surface area contributed by atoms with Gasteiger partial charge in [0.2, 0.25) is 0 Å². The van der Waals surface area contributed by atoms with Crippen LogP contribution in [0.3, 0.4) is 0 Å². The van der Waals surface area contributed by atoms with Crippen molar-refractivity contribution in [3.63, 3.8) is 0 Å². The van der Waals surface area contributed by atoms with Gasteiger partial charge in [0.05, 0.1) is 18.8 Å². The lowest BCUT2D eigenvalue weighted by atomic mass is 10.2. The molecular weight excluding hydrogens is 246 g/mol. The molecule has 2 aromatic rings. The molecule has 0 saturated carbocycles. The largest absolute Gasteiger partial charge is 0.478 e. The topological polar surface area (TPSA) is 75.5 Å². The fraction of sp³-hybridized carbons (Fsp3) is 0.308. The minimum absolute atomic E-state index is 0.187. The second kappa shape index (κ2) is 4.81. The number of hydrogen-bond acceptors (Lipinski definition) is 5. The molecule has 0 spiro atoms. The van der Waals surface area contributed by atoms with E-state index in [1.165, 1.54) is 6.20 Å². The van der Waals surface area contributed by atoms with Crippen molar-refractivity contribution in [2.45, 2.75) is 0 Å². The maximum atomic E-state index is 10.9. The molecule has 0 aromatic carbocycles. The Bertz CT molecular complexity index is 624. The Hall–Kier alpha value is -2.21. The molecule has 0 aliphatic carbocycles. The monoisotopic (exact) mass is 259 g/mol. The van der Waals surface area contributed by atoms with E-state index in [4.69, 9.17) is 9.84 Å². The Labute approximate surface area is 109 Å². The van der Waals surface area contributed by atoms with Crippen LogP contribution in [0, 0.1) is 0 Å². The summed E-state index contributed by atoms with van der Waals surface area (Å²) in [5, 5.41) is 9.77. The first kappa shape index (κ1) is 11.9. The first-order chi connectivity index (χ1) is 9.25. The van der Waals surface area contributed by atoms with Gasteiger partial charge in [-0.15, -0.1) is 0 Å². The zero-order chi connectivity index (χ0) is 13.2. The molecule has 0 atom stereocenters. The molecule has 3 heterocycles. The van der Waals surface area contributed by atoms with Crippen LogP contribution in [0.1, 0.15) is 10.4 Å². The van der Waals surface area contributed by atoms with Gasteiger partial charge in [0.25, 0.3) is 0 Å². The molecule has 0 radical (unpaired) electrons. The highest BCUT2D eigenvalue weighted by molar-refractivity contribution is 5.95. The number of pyridine rings is 2. The molecule has 1 aliphatic heterocycles. The Morgan fingerprint density at radius 2 is 2.11 bits per heavy atom. The van der Waals surface area contributed by atoms with Crippen LogP contribution in [0.15, 0.2) is 24.5 Å². The third-order valence-corrected chi connectivity index (χ3v) is 3.14. The van der Waals surface area contributed by atoms with E-state index in [1.807, 2.05) is 0 Å². The Morgan fingerprint density at radius 3 is 2.84 bits per heavy atom. The van der Waals surface area contributed by atoms with Crippen LogP contribution in [-0.4, -0.2) is 47.3 Å². The summed E-state index contributed by atoms with van der Waals surface area (Å²) in [5.41, 5.74) is 0.918. The minimum Gasteiger partial charge on any atom is -0.478 e. The average molecular weight is 259 g/mol. The van der Waals surface area contributed by atoms with E-state index in [9.17, 15) is 4.79 Å². The van der Waals surface area contributed by atoms with Crippen LogP contribution in [0.25, 0.3) is 10.9 Å². The van der Waals surface area contributed by atoms with E-state index >= 15 is 0 Å². The number of ether oxygens (including phenoxy) is 1. The Balaban J connectivity index is 2.07. The summed E-state index contributed by atoms with van der Waals surface area (Å²) in [5.74, 6) is -0.183. The second-order valence-corrected chi connectivity index (χ2v) is 4.33. The van der Waals surface area contributed by atoms with Crippen molar-refractivity contribution in [2.75, 3.05) is 31.2 Å². The first-order valence-electron chi connectivity index (χ1n) is 6.06. The molecule has 2 aromatic heterocycles. The van der Waals surface area contributed by atoms with Crippen LogP contribution >= 0.6 is 0 Å². The van der Waals surface area contributed by atoms with E-state index in [-0.39, 0.29) is 5.56 Å². The van der Waals surface area contributed by atoms with Crippen molar-refractivity contribution in [3.8, 4) is 0 Å². The van der Waals surface area contributed by atoms with Crippen molar-refractivity contribution in [1.29, 1.82) is 0 Å². The number of aromatic nitrogens is 2. The van der Waals surface area contributed by atoms with Crippen LogP contribution in [-0.2, 0) is 4.74 Å². The quantitative estimate of drug-likeness (QED) is 0.872. The summed E-state index contributed by atoms with van der Waals surface area (Å²) >= 11 is 0. The second-order valence-electron chi connectivity index (χ2n) is 4.33. The average Bonchev–Trinajstić information content (AvgIpc) is 2.47. The van der Waals surface area contributed by atoms with Gasteiger partial charge in [0.15, 0.2) is 5.82 Å². The lowest BCUT2D eigenvalue weighted by molar-refractivity contribution is 0.0696. The van der Waals surface area contributed by atoms with Crippen LogP contribution in [0.2, 0.25) is 0 Å². The molecule has 6 heteroatoms. The smallest absolute Gasteiger partial charge is 0.337 e. The maximum Gasteiger partial charge on any atom is 0.337 e. The fourth-order valence-electron chi connectivity index (χ4n) is 2.17.